The van der Waals surface area contributed by atoms with Gasteiger partial charge in [-0.3, -0.25) is 4.79 Å². The topological polar surface area (TPSA) is 70.7 Å². The number of morpholine rings is 1. The molecule has 3 rings (SSSR count). The lowest BCUT2D eigenvalue weighted by molar-refractivity contribution is -0.0530. The predicted molar refractivity (Wildman–Crippen MR) is 106 cm³/mol. The van der Waals surface area contributed by atoms with Crippen molar-refractivity contribution in [1.29, 1.82) is 0 Å². The molecule has 0 aromatic heterocycles. The summed E-state index contributed by atoms with van der Waals surface area (Å²) in [6.45, 7) is 7.02. The molecule has 1 aliphatic heterocycles. The third kappa shape index (κ3) is 5.22. The second-order valence-corrected chi connectivity index (χ2v) is 7.93. The molecular weight excluding hydrogens is 342 g/mol. The lowest BCUT2D eigenvalue weighted by atomic mass is 9.95. The number of hydrogen-bond donors (Lipinski definition) is 2. The van der Waals surface area contributed by atoms with Gasteiger partial charge in [0.05, 0.1) is 12.2 Å². The summed E-state index contributed by atoms with van der Waals surface area (Å²) in [6, 6.07) is 5.61. The van der Waals surface area contributed by atoms with Crippen molar-refractivity contribution in [1.82, 2.24) is 10.2 Å². The number of rotatable bonds is 3. The monoisotopic (exact) mass is 373 g/mol. The highest BCUT2D eigenvalue weighted by molar-refractivity contribution is 5.96. The second-order valence-electron chi connectivity index (χ2n) is 7.93. The molecule has 1 aromatic rings. The number of urea groups is 1. The number of amides is 3. The van der Waals surface area contributed by atoms with E-state index in [4.69, 9.17) is 4.74 Å². The Hall–Kier alpha value is -2.08. The van der Waals surface area contributed by atoms with Crippen LogP contribution < -0.4 is 10.6 Å². The Labute approximate surface area is 161 Å². The Kier molecular flexibility index (Phi) is 6.37. The second kappa shape index (κ2) is 8.74. The minimum Gasteiger partial charge on any atom is -0.372 e. The molecule has 2 aliphatic rings. The average molecular weight is 373 g/mol. The first-order valence-corrected chi connectivity index (χ1v) is 10.1. The molecule has 27 heavy (non-hydrogen) atoms. The van der Waals surface area contributed by atoms with Gasteiger partial charge in [-0.25, -0.2) is 4.79 Å². The van der Waals surface area contributed by atoms with Gasteiger partial charge in [-0.2, -0.15) is 0 Å². The fourth-order valence-electron chi connectivity index (χ4n) is 4.00. The van der Waals surface area contributed by atoms with E-state index in [1.54, 1.807) is 11.0 Å². The number of anilines is 1. The SMILES string of the molecule is Cc1cc(C(=O)NC2CCCCC2)ccc1NC(=O)N1CC(C)OC(C)C1. The minimum absolute atomic E-state index is 0.0290. The number of carbonyl (C=O) groups excluding carboxylic acids is 2. The normalized spacial score (nSPS) is 23.7. The van der Waals surface area contributed by atoms with Crippen LogP contribution in [0.5, 0.6) is 0 Å². The molecule has 0 bridgehead atoms. The number of hydrogen-bond acceptors (Lipinski definition) is 3. The number of benzene rings is 1. The molecular formula is C21H31N3O3. The number of carbonyl (C=O) groups is 2. The molecule has 0 spiro atoms. The van der Waals surface area contributed by atoms with Gasteiger partial charge in [-0.05, 0) is 57.4 Å². The van der Waals surface area contributed by atoms with Crippen molar-refractivity contribution in [3.8, 4) is 0 Å². The summed E-state index contributed by atoms with van der Waals surface area (Å²) in [7, 11) is 0. The summed E-state index contributed by atoms with van der Waals surface area (Å²) in [6.07, 6.45) is 5.84. The summed E-state index contributed by atoms with van der Waals surface area (Å²) in [4.78, 5) is 26.8. The summed E-state index contributed by atoms with van der Waals surface area (Å²) in [5.74, 6) is -0.0290. The van der Waals surface area contributed by atoms with Crippen LogP contribution in [-0.4, -0.2) is 48.2 Å². The standard InChI is InChI=1S/C21H31N3O3/c1-14-11-17(20(25)22-18-7-5-4-6-8-18)9-10-19(14)23-21(26)24-12-15(2)27-16(3)13-24/h9-11,15-16,18H,4-8,12-13H2,1-3H3,(H,22,25)(H,23,26). The maximum absolute atomic E-state index is 12.6. The van der Waals surface area contributed by atoms with Crippen LogP contribution in [-0.2, 0) is 4.74 Å². The maximum Gasteiger partial charge on any atom is 0.322 e. The van der Waals surface area contributed by atoms with Crippen molar-refractivity contribution in [3.05, 3.63) is 29.3 Å². The van der Waals surface area contributed by atoms with Gasteiger partial charge in [0.1, 0.15) is 0 Å². The van der Waals surface area contributed by atoms with E-state index in [-0.39, 0.29) is 30.2 Å². The van der Waals surface area contributed by atoms with Crippen molar-refractivity contribution >= 4 is 17.6 Å². The third-order valence-corrected chi connectivity index (χ3v) is 5.38. The average Bonchev–Trinajstić information content (AvgIpc) is 2.63. The Morgan fingerprint density at radius 3 is 2.37 bits per heavy atom. The number of nitrogens with zero attached hydrogens (tertiary/aromatic N) is 1. The van der Waals surface area contributed by atoms with E-state index in [9.17, 15) is 9.59 Å². The van der Waals surface area contributed by atoms with E-state index in [2.05, 4.69) is 10.6 Å². The van der Waals surface area contributed by atoms with Crippen LogP contribution in [0.4, 0.5) is 10.5 Å². The van der Waals surface area contributed by atoms with Crippen LogP contribution in [0.25, 0.3) is 0 Å². The molecule has 3 amide bonds. The maximum atomic E-state index is 12.6. The van der Waals surface area contributed by atoms with Crippen LogP contribution in [0.3, 0.4) is 0 Å². The lowest BCUT2D eigenvalue weighted by Gasteiger charge is -2.35. The molecule has 1 saturated carbocycles. The summed E-state index contributed by atoms with van der Waals surface area (Å²) in [5.41, 5.74) is 2.26. The first-order valence-electron chi connectivity index (χ1n) is 10.1. The van der Waals surface area contributed by atoms with Gasteiger partial charge in [0.2, 0.25) is 0 Å². The van der Waals surface area contributed by atoms with E-state index < -0.39 is 0 Å². The van der Waals surface area contributed by atoms with Crippen LogP contribution in [0.1, 0.15) is 61.9 Å². The van der Waals surface area contributed by atoms with Gasteiger partial charge in [0, 0.05) is 30.4 Å². The van der Waals surface area contributed by atoms with E-state index >= 15 is 0 Å². The molecule has 2 N–H and O–H groups in total. The van der Waals surface area contributed by atoms with Crippen molar-refractivity contribution in [3.63, 3.8) is 0 Å². The van der Waals surface area contributed by atoms with Crippen molar-refractivity contribution in [2.45, 2.75) is 71.1 Å². The molecule has 6 nitrogen and oxygen atoms in total. The zero-order valence-electron chi connectivity index (χ0n) is 16.6. The highest BCUT2D eigenvalue weighted by atomic mass is 16.5. The highest BCUT2D eigenvalue weighted by Crippen LogP contribution is 2.21. The molecule has 1 heterocycles. The molecule has 6 heteroatoms. The number of aryl methyl sites for hydroxylation is 1. The molecule has 0 radical (unpaired) electrons. The van der Waals surface area contributed by atoms with Crippen LogP contribution >= 0.6 is 0 Å². The quantitative estimate of drug-likeness (QED) is 0.849. The van der Waals surface area contributed by atoms with Gasteiger partial charge >= 0.3 is 6.03 Å². The van der Waals surface area contributed by atoms with E-state index in [1.165, 1.54) is 19.3 Å². The van der Waals surface area contributed by atoms with Crippen LogP contribution in [0.15, 0.2) is 18.2 Å². The van der Waals surface area contributed by atoms with E-state index in [0.717, 1.165) is 24.1 Å². The first kappa shape index (κ1) is 19.7. The Balaban J connectivity index is 1.60. The van der Waals surface area contributed by atoms with Crippen molar-refractivity contribution in [2.24, 2.45) is 0 Å². The van der Waals surface area contributed by atoms with Gasteiger partial charge in [-0.1, -0.05) is 19.3 Å². The largest absolute Gasteiger partial charge is 0.372 e. The van der Waals surface area contributed by atoms with Gasteiger partial charge in [-0.15, -0.1) is 0 Å². The minimum atomic E-state index is -0.125. The fraction of sp³-hybridized carbons (Fsp3) is 0.619. The number of ether oxygens (including phenoxy) is 1. The molecule has 1 aromatic carbocycles. The number of nitrogens with one attached hydrogen (secondary N) is 2. The third-order valence-electron chi connectivity index (χ3n) is 5.38. The van der Waals surface area contributed by atoms with Gasteiger partial charge in [0.15, 0.2) is 0 Å². The lowest BCUT2D eigenvalue weighted by Crippen LogP contribution is -2.49. The molecule has 2 fully saturated rings. The van der Waals surface area contributed by atoms with E-state index in [0.29, 0.717) is 18.7 Å². The molecule has 2 atom stereocenters. The van der Waals surface area contributed by atoms with Gasteiger partial charge < -0.3 is 20.3 Å². The molecule has 1 aliphatic carbocycles. The van der Waals surface area contributed by atoms with E-state index in [1.807, 2.05) is 32.9 Å². The Morgan fingerprint density at radius 1 is 1.07 bits per heavy atom. The fourth-order valence-corrected chi connectivity index (χ4v) is 4.00. The van der Waals surface area contributed by atoms with Crippen molar-refractivity contribution < 1.29 is 14.3 Å². The zero-order valence-corrected chi connectivity index (χ0v) is 16.6. The zero-order chi connectivity index (χ0) is 19.4. The van der Waals surface area contributed by atoms with Gasteiger partial charge in [0.25, 0.3) is 5.91 Å². The molecule has 2 unspecified atom stereocenters. The summed E-state index contributed by atoms with van der Waals surface area (Å²) >= 11 is 0. The first-order chi connectivity index (χ1) is 12.9. The smallest absolute Gasteiger partial charge is 0.322 e. The Morgan fingerprint density at radius 2 is 1.74 bits per heavy atom. The highest BCUT2D eigenvalue weighted by Gasteiger charge is 2.26. The molecule has 1 saturated heterocycles. The Bertz CT molecular complexity index is 675. The predicted octanol–water partition coefficient (Wildman–Crippen LogP) is 3.70. The van der Waals surface area contributed by atoms with Crippen LogP contribution in [0, 0.1) is 6.92 Å². The van der Waals surface area contributed by atoms with Crippen LogP contribution in [0.2, 0.25) is 0 Å². The summed E-state index contributed by atoms with van der Waals surface area (Å²) in [5, 5.41) is 6.10. The van der Waals surface area contributed by atoms with Crippen molar-refractivity contribution in [2.75, 3.05) is 18.4 Å². The molecule has 148 valence electrons. The summed E-state index contributed by atoms with van der Waals surface area (Å²) < 4.78 is 5.68.